The average Bonchev–Trinajstić information content (AvgIpc) is 3.11. The predicted octanol–water partition coefficient (Wildman–Crippen LogP) is 1.47. The van der Waals surface area contributed by atoms with E-state index < -0.39 is 0 Å². The number of hydrogen-bond donors (Lipinski definition) is 0. The maximum Gasteiger partial charge on any atom is 0.236 e. The van der Waals surface area contributed by atoms with Gasteiger partial charge in [-0.25, -0.2) is 0 Å². The van der Waals surface area contributed by atoms with Crippen LogP contribution < -0.4 is 0 Å². The molecule has 138 valence electrons. The number of rotatable bonds is 6. The van der Waals surface area contributed by atoms with E-state index in [4.69, 9.17) is 4.52 Å². The molecule has 2 aliphatic heterocycles. The summed E-state index contributed by atoms with van der Waals surface area (Å²) in [6.07, 6.45) is 6.98. The molecular formula is C18H29N5O2. The van der Waals surface area contributed by atoms with Crippen LogP contribution in [0.15, 0.2) is 4.52 Å². The van der Waals surface area contributed by atoms with E-state index in [1.807, 2.05) is 4.90 Å². The fraction of sp³-hybridized carbons (Fsp3) is 0.833. The zero-order chi connectivity index (χ0) is 17.2. The number of aromatic nitrogens is 2. The predicted molar refractivity (Wildman–Crippen MR) is 93.0 cm³/mol. The number of hydrogen-bond acceptors (Lipinski definition) is 6. The summed E-state index contributed by atoms with van der Waals surface area (Å²) in [5, 5.41) is 4.14. The summed E-state index contributed by atoms with van der Waals surface area (Å²) in [5.41, 5.74) is 0. The highest BCUT2D eigenvalue weighted by Crippen LogP contribution is 2.38. The van der Waals surface area contributed by atoms with Crippen LogP contribution >= 0.6 is 0 Å². The first-order valence-electron chi connectivity index (χ1n) is 9.72. The molecule has 0 spiro atoms. The molecule has 0 radical (unpaired) electrons. The highest BCUT2D eigenvalue weighted by Gasteiger charge is 2.31. The number of piperidine rings is 1. The summed E-state index contributed by atoms with van der Waals surface area (Å²) >= 11 is 0. The molecule has 0 N–H and O–H groups in total. The summed E-state index contributed by atoms with van der Waals surface area (Å²) < 4.78 is 5.37. The quantitative estimate of drug-likeness (QED) is 0.776. The van der Waals surface area contributed by atoms with Gasteiger partial charge >= 0.3 is 0 Å². The molecule has 7 nitrogen and oxygen atoms in total. The van der Waals surface area contributed by atoms with Gasteiger partial charge in [-0.3, -0.25) is 14.6 Å². The Morgan fingerprint density at radius 3 is 2.76 bits per heavy atom. The smallest absolute Gasteiger partial charge is 0.236 e. The van der Waals surface area contributed by atoms with Crippen molar-refractivity contribution in [3.63, 3.8) is 0 Å². The van der Waals surface area contributed by atoms with Crippen LogP contribution in [0.5, 0.6) is 0 Å². The normalized spacial score (nSPS) is 25.0. The fourth-order valence-corrected chi connectivity index (χ4v) is 3.97. The van der Waals surface area contributed by atoms with Gasteiger partial charge in [0, 0.05) is 31.6 Å². The van der Waals surface area contributed by atoms with Crippen molar-refractivity contribution in [2.45, 2.75) is 57.0 Å². The van der Waals surface area contributed by atoms with Crippen molar-refractivity contribution in [3.05, 3.63) is 11.7 Å². The van der Waals surface area contributed by atoms with Crippen LogP contribution in [0.2, 0.25) is 0 Å². The van der Waals surface area contributed by atoms with Gasteiger partial charge in [0.15, 0.2) is 5.82 Å². The third kappa shape index (κ3) is 4.20. The minimum Gasteiger partial charge on any atom is -0.342 e. The van der Waals surface area contributed by atoms with Gasteiger partial charge in [0.25, 0.3) is 0 Å². The molecule has 7 heteroatoms. The van der Waals surface area contributed by atoms with Gasteiger partial charge in [-0.1, -0.05) is 5.16 Å². The highest BCUT2D eigenvalue weighted by molar-refractivity contribution is 5.78. The first kappa shape index (κ1) is 17.0. The second-order valence-electron chi connectivity index (χ2n) is 7.86. The number of amides is 1. The van der Waals surface area contributed by atoms with Crippen molar-refractivity contribution in [2.75, 3.05) is 39.8 Å². The van der Waals surface area contributed by atoms with Crippen LogP contribution in [0.25, 0.3) is 0 Å². The van der Waals surface area contributed by atoms with Crippen molar-refractivity contribution in [1.29, 1.82) is 0 Å². The molecule has 3 fully saturated rings. The van der Waals surface area contributed by atoms with Crippen molar-refractivity contribution >= 4 is 5.91 Å². The Morgan fingerprint density at radius 2 is 2.00 bits per heavy atom. The van der Waals surface area contributed by atoms with Crippen LogP contribution in [0.3, 0.4) is 0 Å². The number of nitrogens with zero attached hydrogens (tertiary/aromatic N) is 5. The molecule has 2 saturated heterocycles. The van der Waals surface area contributed by atoms with E-state index in [2.05, 4.69) is 27.0 Å². The third-order valence-corrected chi connectivity index (χ3v) is 5.72. The minimum absolute atomic E-state index is 0.282. The highest BCUT2D eigenvalue weighted by atomic mass is 16.5. The van der Waals surface area contributed by atoms with Crippen LogP contribution in [0.1, 0.15) is 56.2 Å². The summed E-state index contributed by atoms with van der Waals surface area (Å²) in [6, 6.07) is 0.426. The molecule has 1 aliphatic carbocycles. The van der Waals surface area contributed by atoms with E-state index in [0.29, 0.717) is 18.5 Å². The van der Waals surface area contributed by atoms with Crippen LogP contribution in [-0.2, 0) is 11.3 Å². The molecule has 0 aromatic carbocycles. The van der Waals surface area contributed by atoms with E-state index in [1.54, 1.807) is 0 Å². The number of likely N-dealkylation sites (N-methyl/N-ethyl adjacent to an activating group) is 1. The van der Waals surface area contributed by atoms with Crippen molar-refractivity contribution in [3.8, 4) is 0 Å². The standard InChI is InChI=1S/C18H29N5O2/c1-21(13-17(24)23-9-2-3-10-23)15-5-4-8-22(11-15)12-16-19-18(25-20-16)14-6-7-14/h14-15H,2-13H2,1H3. The Bertz CT molecular complexity index is 594. The third-order valence-electron chi connectivity index (χ3n) is 5.72. The Morgan fingerprint density at radius 1 is 1.20 bits per heavy atom. The Kier molecular flexibility index (Phi) is 5.03. The van der Waals surface area contributed by atoms with E-state index >= 15 is 0 Å². The molecule has 0 bridgehead atoms. The average molecular weight is 347 g/mol. The lowest BCUT2D eigenvalue weighted by Crippen LogP contribution is -2.49. The van der Waals surface area contributed by atoms with E-state index in [0.717, 1.165) is 70.1 Å². The van der Waals surface area contributed by atoms with Gasteiger partial charge in [0.2, 0.25) is 11.8 Å². The van der Waals surface area contributed by atoms with Gasteiger partial charge in [0.1, 0.15) is 0 Å². The zero-order valence-corrected chi connectivity index (χ0v) is 15.2. The zero-order valence-electron chi connectivity index (χ0n) is 15.2. The van der Waals surface area contributed by atoms with E-state index in [1.165, 1.54) is 12.8 Å². The minimum atomic E-state index is 0.282. The van der Waals surface area contributed by atoms with Gasteiger partial charge in [-0.05, 0) is 52.1 Å². The van der Waals surface area contributed by atoms with E-state index in [-0.39, 0.29) is 5.91 Å². The maximum absolute atomic E-state index is 12.4. The topological polar surface area (TPSA) is 65.7 Å². The number of carbonyl (C=O) groups is 1. The Labute approximate surface area is 149 Å². The molecule has 3 aliphatic rings. The largest absolute Gasteiger partial charge is 0.342 e. The molecular weight excluding hydrogens is 318 g/mol. The molecule has 1 atom stereocenters. The number of likely N-dealkylation sites (tertiary alicyclic amines) is 2. The second-order valence-corrected chi connectivity index (χ2v) is 7.86. The molecule has 3 heterocycles. The van der Waals surface area contributed by atoms with Gasteiger partial charge in [0.05, 0.1) is 13.1 Å². The summed E-state index contributed by atoms with van der Waals surface area (Å²) in [4.78, 5) is 23.6. The monoisotopic (exact) mass is 347 g/mol. The SMILES string of the molecule is CN(CC(=O)N1CCCC1)C1CCCN(Cc2noc(C3CC3)n2)C1. The summed E-state index contributed by atoms with van der Waals surface area (Å²) in [6.45, 7) is 5.19. The summed E-state index contributed by atoms with van der Waals surface area (Å²) in [7, 11) is 2.09. The first-order valence-corrected chi connectivity index (χ1v) is 9.72. The Balaban J connectivity index is 1.28. The molecule has 1 amide bonds. The maximum atomic E-state index is 12.4. The molecule has 4 rings (SSSR count). The lowest BCUT2D eigenvalue weighted by atomic mass is 10.0. The lowest BCUT2D eigenvalue weighted by molar-refractivity contribution is -0.131. The lowest BCUT2D eigenvalue weighted by Gasteiger charge is -2.37. The van der Waals surface area contributed by atoms with E-state index in [9.17, 15) is 4.79 Å². The van der Waals surface area contributed by atoms with Crippen molar-refractivity contribution in [2.24, 2.45) is 0 Å². The molecule has 1 unspecified atom stereocenters. The molecule has 1 saturated carbocycles. The fourth-order valence-electron chi connectivity index (χ4n) is 3.97. The molecule has 1 aromatic heterocycles. The van der Waals surface area contributed by atoms with Crippen LogP contribution in [-0.4, -0.2) is 76.6 Å². The molecule has 1 aromatic rings. The Hall–Kier alpha value is -1.47. The van der Waals surface area contributed by atoms with Gasteiger partial charge in [-0.15, -0.1) is 0 Å². The van der Waals surface area contributed by atoms with Crippen molar-refractivity contribution < 1.29 is 9.32 Å². The van der Waals surface area contributed by atoms with Crippen LogP contribution in [0, 0.1) is 0 Å². The van der Waals surface area contributed by atoms with Crippen LogP contribution in [0.4, 0.5) is 0 Å². The molecule has 25 heavy (non-hydrogen) atoms. The second kappa shape index (κ2) is 7.41. The van der Waals surface area contributed by atoms with Gasteiger partial charge < -0.3 is 9.42 Å². The number of carbonyl (C=O) groups excluding carboxylic acids is 1. The van der Waals surface area contributed by atoms with Crippen molar-refractivity contribution in [1.82, 2.24) is 24.8 Å². The first-order chi connectivity index (χ1) is 12.2. The van der Waals surface area contributed by atoms with Gasteiger partial charge in [-0.2, -0.15) is 4.98 Å². The summed E-state index contributed by atoms with van der Waals surface area (Å²) in [5.74, 6) is 2.41.